The highest BCUT2D eigenvalue weighted by Gasteiger charge is 2.22. The van der Waals surface area contributed by atoms with Crippen molar-refractivity contribution in [3.05, 3.63) is 12.7 Å². The minimum Gasteiger partial charge on any atom is -0.395 e. The van der Waals surface area contributed by atoms with E-state index in [4.69, 9.17) is 5.11 Å². The standard InChI is InChI=1S/C11H22O/c1-6-11(5,9-12)8-7-10(2,3)4/h6,12H,1,7-9H2,2-5H3. The van der Waals surface area contributed by atoms with E-state index in [9.17, 15) is 0 Å². The number of aliphatic hydroxyl groups excluding tert-OH is 1. The van der Waals surface area contributed by atoms with Crippen molar-refractivity contribution < 1.29 is 5.11 Å². The van der Waals surface area contributed by atoms with Crippen LogP contribution in [0.5, 0.6) is 0 Å². The number of aliphatic hydroxyl groups is 1. The molecule has 1 unspecified atom stereocenters. The fourth-order valence-corrected chi connectivity index (χ4v) is 0.906. The van der Waals surface area contributed by atoms with Gasteiger partial charge in [-0.3, -0.25) is 0 Å². The molecule has 0 aliphatic rings. The molecule has 12 heavy (non-hydrogen) atoms. The predicted octanol–water partition coefficient (Wildman–Crippen LogP) is 3.00. The molecular weight excluding hydrogens is 148 g/mol. The van der Waals surface area contributed by atoms with E-state index in [-0.39, 0.29) is 12.0 Å². The first-order valence-corrected chi connectivity index (χ1v) is 4.57. The lowest BCUT2D eigenvalue weighted by atomic mass is 9.79. The maximum Gasteiger partial charge on any atom is 0.0519 e. The highest BCUT2D eigenvalue weighted by Crippen LogP contribution is 2.30. The van der Waals surface area contributed by atoms with Gasteiger partial charge in [-0.05, 0) is 18.3 Å². The van der Waals surface area contributed by atoms with Gasteiger partial charge in [0.05, 0.1) is 6.61 Å². The largest absolute Gasteiger partial charge is 0.395 e. The van der Waals surface area contributed by atoms with E-state index in [2.05, 4.69) is 27.4 Å². The van der Waals surface area contributed by atoms with Gasteiger partial charge in [-0.15, -0.1) is 6.58 Å². The van der Waals surface area contributed by atoms with Crippen molar-refractivity contribution in [1.29, 1.82) is 0 Å². The summed E-state index contributed by atoms with van der Waals surface area (Å²) in [6.45, 7) is 12.6. The first kappa shape index (κ1) is 11.7. The summed E-state index contributed by atoms with van der Waals surface area (Å²) in [5.41, 5.74) is 0.257. The summed E-state index contributed by atoms with van der Waals surface area (Å²) in [7, 11) is 0. The molecule has 1 N–H and O–H groups in total. The van der Waals surface area contributed by atoms with Crippen molar-refractivity contribution in [2.24, 2.45) is 10.8 Å². The Balaban J connectivity index is 3.98. The Morgan fingerprint density at radius 2 is 1.67 bits per heavy atom. The summed E-state index contributed by atoms with van der Waals surface area (Å²) in [6.07, 6.45) is 3.99. The molecule has 0 aromatic rings. The van der Waals surface area contributed by atoms with Gasteiger partial charge in [0.2, 0.25) is 0 Å². The molecule has 1 heteroatoms. The summed E-state index contributed by atoms with van der Waals surface area (Å²) in [5, 5.41) is 9.11. The van der Waals surface area contributed by atoms with Crippen LogP contribution < -0.4 is 0 Å². The highest BCUT2D eigenvalue weighted by atomic mass is 16.3. The molecule has 0 spiro atoms. The molecule has 72 valence electrons. The van der Waals surface area contributed by atoms with Crippen molar-refractivity contribution in [2.45, 2.75) is 40.5 Å². The van der Waals surface area contributed by atoms with Gasteiger partial charge in [-0.2, -0.15) is 0 Å². The van der Waals surface area contributed by atoms with E-state index in [0.717, 1.165) is 12.8 Å². The summed E-state index contributed by atoms with van der Waals surface area (Å²) in [4.78, 5) is 0. The van der Waals surface area contributed by atoms with E-state index in [1.54, 1.807) is 0 Å². The molecular formula is C11H22O. The van der Waals surface area contributed by atoms with Crippen LogP contribution in [0.25, 0.3) is 0 Å². The lowest BCUT2D eigenvalue weighted by Gasteiger charge is -2.27. The molecule has 0 rings (SSSR count). The van der Waals surface area contributed by atoms with E-state index < -0.39 is 0 Å². The number of hydrogen-bond acceptors (Lipinski definition) is 1. The van der Waals surface area contributed by atoms with Gasteiger partial charge in [0.1, 0.15) is 0 Å². The Hall–Kier alpha value is -0.300. The molecule has 0 saturated heterocycles. The van der Waals surface area contributed by atoms with Crippen LogP contribution in [0, 0.1) is 10.8 Å². The van der Waals surface area contributed by atoms with Crippen LogP contribution in [0.3, 0.4) is 0 Å². The molecule has 0 amide bonds. The van der Waals surface area contributed by atoms with Gasteiger partial charge in [-0.25, -0.2) is 0 Å². The van der Waals surface area contributed by atoms with E-state index >= 15 is 0 Å². The quantitative estimate of drug-likeness (QED) is 0.643. The Labute approximate surface area is 76.5 Å². The summed E-state index contributed by atoms with van der Waals surface area (Å²) >= 11 is 0. The van der Waals surface area contributed by atoms with Gasteiger partial charge in [0.15, 0.2) is 0 Å². The molecule has 0 aromatic heterocycles. The third kappa shape index (κ3) is 4.55. The van der Waals surface area contributed by atoms with Crippen LogP contribution in [0.4, 0.5) is 0 Å². The zero-order valence-electron chi connectivity index (χ0n) is 8.85. The van der Waals surface area contributed by atoms with Crippen LogP contribution >= 0.6 is 0 Å². The van der Waals surface area contributed by atoms with Gasteiger partial charge in [-0.1, -0.05) is 33.8 Å². The molecule has 0 aromatic carbocycles. The van der Waals surface area contributed by atoms with Crippen LogP contribution in [-0.2, 0) is 0 Å². The Morgan fingerprint density at radius 3 is 1.92 bits per heavy atom. The number of hydrogen-bond donors (Lipinski definition) is 1. The Morgan fingerprint density at radius 1 is 1.17 bits per heavy atom. The topological polar surface area (TPSA) is 20.2 Å². The third-order valence-corrected chi connectivity index (χ3v) is 2.30. The first-order chi connectivity index (χ1) is 5.33. The lowest BCUT2D eigenvalue weighted by Crippen LogP contribution is -2.20. The van der Waals surface area contributed by atoms with Crippen LogP contribution in [-0.4, -0.2) is 11.7 Å². The van der Waals surface area contributed by atoms with Crippen molar-refractivity contribution in [1.82, 2.24) is 0 Å². The summed E-state index contributed by atoms with van der Waals surface area (Å²) in [5.74, 6) is 0. The maximum atomic E-state index is 9.11. The minimum atomic E-state index is -0.0900. The van der Waals surface area contributed by atoms with E-state index in [1.165, 1.54) is 0 Å². The molecule has 0 radical (unpaired) electrons. The smallest absolute Gasteiger partial charge is 0.0519 e. The summed E-state index contributed by atoms with van der Waals surface area (Å²) < 4.78 is 0. The van der Waals surface area contributed by atoms with Crippen LogP contribution in [0.2, 0.25) is 0 Å². The van der Waals surface area contributed by atoms with Crippen LogP contribution in [0.15, 0.2) is 12.7 Å². The SMILES string of the molecule is C=CC(C)(CO)CCC(C)(C)C. The average molecular weight is 170 g/mol. The van der Waals surface area contributed by atoms with Crippen LogP contribution in [0.1, 0.15) is 40.5 Å². The second-order valence-electron chi connectivity index (χ2n) is 5.08. The molecule has 1 nitrogen and oxygen atoms in total. The van der Waals surface area contributed by atoms with Gasteiger partial charge >= 0.3 is 0 Å². The molecule has 0 fully saturated rings. The number of rotatable bonds is 4. The average Bonchev–Trinajstić information content (AvgIpc) is 1.99. The van der Waals surface area contributed by atoms with Crippen molar-refractivity contribution >= 4 is 0 Å². The van der Waals surface area contributed by atoms with Crippen molar-refractivity contribution in [3.63, 3.8) is 0 Å². The predicted molar refractivity (Wildman–Crippen MR) is 54.1 cm³/mol. The Kier molecular flexibility index (Phi) is 3.98. The van der Waals surface area contributed by atoms with Crippen molar-refractivity contribution in [2.75, 3.05) is 6.61 Å². The van der Waals surface area contributed by atoms with E-state index in [0.29, 0.717) is 5.41 Å². The van der Waals surface area contributed by atoms with Gasteiger partial charge in [0, 0.05) is 5.41 Å². The fourth-order valence-electron chi connectivity index (χ4n) is 0.906. The van der Waals surface area contributed by atoms with Gasteiger partial charge < -0.3 is 5.11 Å². The zero-order valence-corrected chi connectivity index (χ0v) is 8.85. The summed E-state index contributed by atoms with van der Waals surface area (Å²) in [6, 6.07) is 0. The molecule has 0 heterocycles. The first-order valence-electron chi connectivity index (χ1n) is 4.57. The molecule has 1 atom stereocenters. The second kappa shape index (κ2) is 4.08. The van der Waals surface area contributed by atoms with E-state index in [1.807, 2.05) is 13.0 Å². The monoisotopic (exact) mass is 170 g/mol. The highest BCUT2D eigenvalue weighted by molar-refractivity contribution is 4.91. The Bertz CT molecular complexity index is 144. The molecule has 0 bridgehead atoms. The van der Waals surface area contributed by atoms with Gasteiger partial charge in [0.25, 0.3) is 0 Å². The molecule has 0 aliphatic heterocycles. The lowest BCUT2D eigenvalue weighted by molar-refractivity contribution is 0.158. The minimum absolute atomic E-state index is 0.0900. The normalized spacial score (nSPS) is 17.1. The third-order valence-electron chi connectivity index (χ3n) is 2.30. The van der Waals surface area contributed by atoms with Crippen molar-refractivity contribution in [3.8, 4) is 0 Å². The second-order valence-corrected chi connectivity index (χ2v) is 5.08. The maximum absolute atomic E-state index is 9.11. The zero-order chi connectivity index (χ0) is 9.83. The molecule has 0 saturated carbocycles. The molecule has 0 aliphatic carbocycles. The fraction of sp³-hybridized carbons (Fsp3) is 0.818.